The summed E-state index contributed by atoms with van der Waals surface area (Å²) in [4.78, 5) is 34.3. The van der Waals surface area contributed by atoms with E-state index >= 15 is 0 Å². The third-order valence-corrected chi connectivity index (χ3v) is 6.33. The molecular weight excluding hydrogens is 422 g/mol. The van der Waals surface area contributed by atoms with Crippen LogP contribution in [-0.4, -0.2) is 39.7 Å². The van der Waals surface area contributed by atoms with E-state index in [0.717, 1.165) is 34.9 Å². The highest BCUT2D eigenvalue weighted by Crippen LogP contribution is 2.22. The van der Waals surface area contributed by atoms with Gasteiger partial charge in [-0.25, -0.2) is 0 Å². The van der Waals surface area contributed by atoms with Crippen LogP contribution < -0.4 is 0 Å². The molecule has 1 aliphatic rings. The lowest BCUT2D eigenvalue weighted by molar-refractivity contribution is -0.132. The fraction of sp³-hybridized carbons (Fsp3) is 0.207. The maximum Gasteiger partial charge on any atom is 0.254 e. The second-order valence-corrected chi connectivity index (χ2v) is 8.76. The largest absolute Gasteiger partial charge is 0.337 e. The van der Waals surface area contributed by atoms with Crippen molar-refractivity contribution < 1.29 is 9.59 Å². The van der Waals surface area contributed by atoms with Gasteiger partial charge < -0.3 is 9.80 Å². The van der Waals surface area contributed by atoms with Crippen LogP contribution in [0.3, 0.4) is 0 Å². The van der Waals surface area contributed by atoms with E-state index < -0.39 is 0 Å². The van der Waals surface area contributed by atoms with E-state index in [1.165, 1.54) is 5.56 Å². The Morgan fingerprint density at radius 1 is 0.912 bits per heavy atom. The molecule has 0 spiro atoms. The van der Waals surface area contributed by atoms with Crippen molar-refractivity contribution in [3.63, 3.8) is 0 Å². The maximum absolute atomic E-state index is 13.4. The molecule has 0 unspecified atom stereocenters. The number of hydrogen-bond acceptors (Lipinski definition) is 3. The van der Waals surface area contributed by atoms with Crippen molar-refractivity contribution >= 4 is 22.7 Å². The number of hydrogen-bond donors (Lipinski definition) is 0. The molecule has 0 fully saturated rings. The minimum Gasteiger partial charge on any atom is -0.337 e. The van der Waals surface area contributed by atoms with E-state index in [9.17, 15) is 9.59 Å². The Labute approximate surface area is 199 Å². The highest BCUT2D eigenvalue weighted by atomic mass is 16.2. The van der Waals surface area contributed by atoms with Crippen molar-refractivity contribution in [1.82, 2.24) is 14.8 Å². The van der Waals surface area contributed by atoms with Gasteiger partial charge in [0.25, 0.3) is 5.91 Å². The summed E-state index contributed by atoms with van der Waals surface area (Å²) >= 11 is 0. The quantitative estimate of drug-likeness (QED) is 0.386. The van der Waals surface area contributed by atoms with Gasteiger partial charge in [0.05, 0.1) is 5.52 Å². The highest BCUT2D eigenvalue weighted by Gasteiger charge is 2.29. The first-order chi connectivity index (χ1) is 16.7. The molecule has 0 saturated carbocycles. The highest BCUT2D eigenvalue weighted by molar-refractivity contribution is 6.00. The molecule has 2 amide bonds. The van der Waals surface area contributed by atoms with Gasteiger partial charge in [-0.3, -0.25) is 14.6 Å². The summed E-state index contributed by atoms with van der Waals surface area (Å²) in [5.74, 6) is -0.108. The van der Waals surface area contributed by atoms with Gasteiger partial charge in [-0.2, -0.15) is 0 Å². The van der Waals surface area contributed by atoms with Gasteiger partial charge in [0.1, 0.15) is 6.54 Å². The zero-order chi connectivity index (χ0) is 23.3. The van der Waals surface area contributed by atoms with Gasteiger partial charge in [-0.05, 0) is 47.7 Å². The molecule has 1 aromatic heterocycles. The summed E-state index contributed by atoms with van der Waals surface area (Å²) in [5.41, 5.74) is 4.86. The lowest BCUT2D eigenvalue weighted by atomic mass is 10.1. The average molecular weight is 450 g/mol. The summed E-state index contributed by atoms with van der Waals surface area (Å²) < 4.78 is 0. The summed E-state index contributed by atoms with van der Waals surface area (Å²) in [6.07, 6.45) is 3.59. The van der Waals surface area contributed by atoms with Crippen LogP contribution in [0.15, 0.2) is 91.1 Å². The van der Waals surface area contributed by atoms with Gasteiger partial charge in [0.15, 0.2) is 0 Å². The van der Waals surface area contributed by atoms with Gasteiger partial charge in [-0.15, -0.1) is 0 Å². The van der Waals surface area contributed by atoms with Gasteiger partial charge in [0.2, 0.25) is 5.91 Å². The van der Waals surface area contributed by atoms with Crippen LogP contribution in [0.5, 0.6) is 0 Å². The van der Waals surface area contributed by atoms with E-state index in [1.54, 1.807) is 4.90 Å². The van der Waals surface area contributed by atoms with Crippen molar-refractivity contribution in [2.24, 2.45) is 0 Å². The Morgan fingerprint density at radius 3 is 2.53 bits per heavy atom. The number of aryl methyl sites for hydroxylation is 1. The molecule has 0 saturated heterocycles. The molecule has 34 heavy (non-hydrogen) atoms. The molecular formula is C29H27N3O2. The number of carbonyl (C=O) groups excluding carboxylic acids is 2. The van der Waals surface area contributed by atoms with Gasteiger partial charge in [0, 0.05) is 36.8 Å². The van der Waals surface area contributed by atoms with E-state index in [4.69, 9.17) is 0 Å². The number of nitrogens with zero attached hydrogens (tertiary/aromatic N) is 3. The smallest absolute Gasteiger partial charge is 0.254 e. The van der Waals surface area contributed by atoms with Gasteiger partial charge in [-0.1, -0.05) is 66.7 Å². The number of amides is 2. The number of para-hydroxylation sites is 1. The second-order valence-electron chi connectivity index (χ2n) is 8.76. The Balaban J connectivity index is 1.31. The van der Waals surface area contributed by atoms with Crippen molar-refractivity contribution in [1.29, 1.82) is 0 Å². The van der Waals surface area contributed by atoms with Crippen LogP contribution in [0.4, 0.5) is 0 Å². The van der Waals surface area contributed by atoms with Crippen LogP contribution >= 0.6 is 0 Å². The fourth-order valence-electron chi connectivity index (χ4n) is 4.54. The van der Waals surface area contributed by atoms with Crippen LogP contribution in [0.25, 0.3) is 10.9 Å². The zero-order valence-corrected chi connectivity index (χ0v) is 19.1. The normalized spacial score (nSPS) is 12.7. The second kappa shape index (κ2) is 9.87. The molecule has 170 valence electrons. The van der Waals surface area contributed by atoms with Gasteiger partial charge >= 0.3 is 0 Å². The molecule has 2 heterocycles. The number of benzene rings is 3. The van der Waals surface area contributed by atoms with Crippen molar-refractivity contribution in [3.8, 4) is 0 Å². The van der Waals surface area contributed by atoms with E-state index in [0.29, 0.717) is 25.2 Å². The van der Waals surface area contributed by atoms with Crippen LogP contribution in [0.2, 0.25) is 0 Å². The molecule has 5 heteroatoms. The number of pyridine rings is 1. The average Bonchev–Trinajstić information content (AvgIpc) is 3.19. The Kier molecular flexibility index (Phi) is 6.34. The topological polar surface area (TPSA) is 53.5 Å². The van der Waals surface area contributed by atoms with E-state index in [2.05, 4.69) is 23.2 Å². The fourth-order valence-corrected chi connectivity index (χ4v) is 4.54. The standard InChI is InChI=1S/C29H27N3O2/c33-28(21-32-20-25-13-4-6-14-26(25)29(32)34)31(16-8-11-22-9-2-1-3-10-22)19-23-17-24-12-5-7-15-27(24)30-18-23/h1-7,9-10,12-15,17-18H,8,11,16,19-21H2. The Bertz CT molecular complexity index is 1320. The molecule has 0 radical (unpaired) electrons. The first-order valence-electron chi connectivity index (χ1n) is 11.7. The minimum absolute atomic E-state index is 0.0395. The van der Waals surface area contributed by atoms with Crippen molar-refractivity contribution in [2.45, 2.75) is 25.9 Å². The molecule has 5 nitrogen and oxygen atoms in total. The molecule has 0 aliphatic carbocycles. The maximum atomic E-state index is 13.4. The molecule has 3 aromatic carbocycles. The molecule has 0 atom stereocenters. The predicted molar refractivity (Wildman–Crippen MR) is 133 cm³/mol. The predicted octanol–water partition coefficient (Wildman–Crippen LogP) is 4.85. The molecule has 0 N–H and O–H groups in total. The summed E-state index contributed by atoms with van der Waals surface area (Å²) in [6, 6.07) is 28.0. The number of aromatic nitrogens is 1. The molecule has 4 aromatic rings. The number of fused-ring (bicyclic) bond motifs is 2. The SMILES string of the molecule is O=C(CN1Cc2ccccc2C1=O)N(CCCc1ccccc1)Cc1cnc2ccccc2c1. The van der Waals surface area contributed by atoms with E-state index in [-0.39, 0.29) is 18.4 Å². The first kappa shape index (κ1) is 21.8. The summed E-state index contributed by atoms with van der Waals surface area (Å²) in [5, 5.41) is 1.06. The van der Waals surface area contributed by atoms with Crippen LogP contribution in [0, 0.1) is 0 Å². The Hall–Kier alpha value is -3.99. The molecule has 0 bridgehead atoms. The minimum atomic E-state index is -0.0689. The first-order valence-corrected chi connectivity index (χ1v) is 11.7. The van der Waals surface area contributed by atoms with Crippen LogP contribution in [-0.2, 0) is 24.3 Å². The lowest BCUT2D eigenvalue weighted by Gasteiger charge is -2.26. The van der Waals surface area contributed by atoms with E-state index in [1.807, 2.05) is 77.8 Å². The third kappa shape index (κ3) is 4.84. The monoisotopic (exact) mass is 449 g/mol. The molecule has 1 aliphatic heterocycles. The third-order valence-electron chi connectivity index (χ3n) is 6.33. The zero-order valence-electron chi connectivity index (χ0n) is 19.1. The number of rotatable bonds is 8. The Morgan fingerprint density at radius 2 is 1.68 bits per heavy atom. The van der Waals surface area contributed by atoms with Crippen LogP contribution in [0.1, 0.15) is 33.5 Å². The lowest BCUT2D eigenvalue weighted by Crippen LogP contribution is -2.40. The van der Waals surface area contributed by atoms with Crippen molar-refractivity contribution in [2.75, 3.05) is 13.1 Å². The number of carbonyl (C=O) groups is 2. The van der Waals surface area contributed by atoms with Crippen molar-refractivity contribution in [3.05, 3.63) is 113 Å². The summed E-state index contributed by atoms with van der Waals surface area (Å²) in [7, 11) is 0. The molecule has 5 rings (SSSR count). The summed E-state index contributed by atoms with van der Waals surface area (Å²) in [6.45, 7) is 1.66.